The Labute approximate surface area is 322 Å². The highest BCUT2D eigenvalue weighted by molar-refractivity contribution is 6.29. The summed E-state index contributed by atoms with van der Waals surface area (Å²) in [5, 5.41) is 19.6. The van der Waals surface area contributed by atoms with Gasteiger partial charge in [0.25, 0.3) is 0 Å². The first-order valence-electron chi connectivity index (χ1n) is 16.2. The van der Waals surface area contributed by atoms with E-state index in [-0.39, 0.29) is 35.5 Å². The van der Waals surface area contributed by atoms with E-state index in [1.54, 1.807) is 48.5 Å². The SMILES string of the molecule is CCOc1ccc(Cc2cc(-c3ccc(F)cc3OC)ncn2)cc1O.CCOc1ccc([NH3+])cc1O.COc1cc(F)ccc1-c1cc(Cl)ncn1.[Cl-]. The summed E-state index contributed by atoms with van der Waals surface area (Å²) in [5.41, 5.74) is 8.71. The Hall–Kier alpha value is -5.76. The first kappa shape index (κ1) is 42.7. The standard InChI is InChI=1S/C20H19FN2O3.C11H8ClFN2O.C8H11NO2.ClH/c1-3-26-19-7-4-13(9-18(19)24)8-15-11-17(23-12-22-15)16-6-5-14(21)10-20(16)25-2;1-16-10-4-7(13)2-3-8(10)9-5-11(12)15-6-14-9;1-2-11-8-4-3-6(9)5-7(8)10;/h4-7,9-12,24H,3,8H2,1-2H3;2-6H,1H3;3-5,10H,2,9H2,1H3;1H. The van der Waals surface area contributed by atoms with Gasteiger partial charge in [0.15, 0.2) is 23.0 Å². The summed E-state index contributed by atoms with van der Waals surface area (Å²) >= 11 is 5.76. The minimum atomic E-state index is -0.371. The van der Waals surface area contributed by atoms with Crippen LogP contribution in [-0.2, 0) is 6.42 Å². The van der Waals surface area contributed by atoms with E-state index in [0.29, 0.717) is 70.3 Å². The number of nitrogens with zero attached hydrogens (tertiary/aromatic N) is 4. The van der Waals surface area contributed by atoms with Crippen LogP contribution in [0.3, 0.4) is 0 Å². The van der Waals surface area contributed by atoms with Crippen molar-refractivity contribution in [2.45, 2.75) is 20.3 Å². The molecule has 5 N–H and O–H groups in total. The van der Waals surface area contributed by atoms with Gasteiger partial charge in [-0.1, -0.05) is 17.7 Å². The van der Waals surface area contributed by atoms with E-state index in [4.69, 9.17) is 30.5 Å². The lowest BCUT2D eigenvalue weighted by atomic mass is 10.1. The third-order valence-electron chi connectivity index (χ3n) is 7.27. The molecule has 0 spiro atoms. The van der Waals surface area contributed by atoms with Gasteiger partial charge in [0.1, 0.15) is 46.6 Å². The van der Waals surface area contributed by atoms with Crippen LogP contribution in [0.2, 0.25) is 5.15 Å². The molecule has 0 saturated carbocycles. The van der Waals surface area contributed by atoms with Gasteiger partial charge in [-0.25, -0.2) is 28.7 Å². The quantitative estimate of drug-likeness (QED) is 0.168. The predicted octanol–water partition coefficient (Wildman–Crippen LogP) is 4.60. The molecule has 4 aromatic carbocycles. The molecule has 11 nitrogen and oxygen atoms in total. The lowest BCUT2D eigenvalue weighted by Gasteiger charge is -2.10. The van der Waals surface area contributed by atoms with E-state index in [9.17, 15) is 19.0 Å². The highest BCUT2D eigenvalue weighted by Crippen LogP contribution is 2.32. The summed E-state index contributed by atoms with van der Waals surface area (Å²) in [6.45, 7) is 4.78. The molecule has 2 aromatic heterocycles. The number of quaternary nitrogens is 1. The number of aromatic hydroxyl groups is 2. The molecule has 0 aliphatic heterocycles. The lowest BCUT2D eigenvalue weighted by Crippen LogP contribution is -3.00. The van der Waals surface area contributed by atoms with Gasteiger partial charge in [-0.15, -0.1) is 0 Å². The van der Waals surface area contributed by atoms with E-state index >= 15 is 0 Å². The molecule has 15 heteroatoms. The van der Waals surface area contributed by atoms with E-state index in [0.717, 1.165) is 16.9 Å². The average Bonchev–Trinajstić information content (AvgIpc) is 3.14. The van der Waals surface area contributed by atoms with E-state index in [1.807, 2.05) is 26.0 Å². The van der Waals surface area contributed by atoms with Crippen molar-refractivity contribution in [3.63, 3.8) is 0 Å². The molecular weight excluding hydrogens is 743 g/mol. The second-order valence-corrected chi connectivity index (χ2v) is 11.3. The summed E-state index contributed by atoms with van der Waals surface area (Å²) in [5.74, 6) is 1.31. The van der Waals surface area contributed by atoms with Crippen molar-refractivity contribution in [3.8, 4) is 57.0 Å². The number of ether oxygens (including phenoxy) is 4. The van der Waals surface area contributed by atoms with Crippen molar-refractivity contribution in [2.75, 3.05) is 27.4 Å². The zero-order chi connectivity index (χ0) is 38.3. The van der Waals surface area contributed by atoms with Crippen LogP contribution in [0.5, 0.6) is 34.5 Å². The Morgan fingerprint density at radius 3 is 1.65 bits per heavy atom. The second-order valence-electron chi connectivity index (χ2n) is 11.0. The molecule has 0 radical (unpaired) electrons. The summed E-state index contributed by atoms with van der Waals surface area (Å²) in [6, 6.07) is 22.3. The summed E-state index contributed by atoms with van der Waals surface area (Å²) < 4.78 is 47.2. The third-order valence-corrected chi connectivity index (χ3v) is 7.47. The number of hydrogen-bond donors (Lipinski definition) is 3. The van der Waals surface area contributed by atoms with E-state index in [2.05, 4.69) is 25.7 Å². The van der Waals surface area contributed by atoms with Crippen molar-refractivity contribution in [2.24, 2.45) is 0 Å². The Morgan fingerprint density at radius 2 is 1.15 bits per heavy atom. The van der Waals surface area contributed by atoms with Crippen molar-refractivity contribution in [1.29, 1.82) is 0 Å². The first-order chi connectivity index (χ1) is 25.5. The number of methoxy groups -OCH3 is 2. The predicted molar refractivity (Wildman–Crippen MR) is 197 cm³/mol. The van der Waals surface area contributed by atoms with Crippen LogP contribution in [0.25, 0.3) is 22.5 Å². The molecule has 0 atom stereocenters. The van der Waals surface area contributed by atoms with Crippen molar-refractivity contribution in [1.82, 2.24) is 19.9 Å². The van der Waals surface area contributed by atoms with Crippen molar-refractivity contribution < 1.29 is 56.1 Å². The Balaban J connectivity index is 0.000000238. The molecule has 0 saturated heterocycles. The minimum absolute atomic E-state index is 0. The Kier molecular flexibility index (Phi) is 16.6. The van der Waals surface area contributed by atoms with Gasteiger partial charge in [0.2, 0.25) is 0 Å². The number of phenols is 2. The third kappa shape index (κ3) is 12.2. The summed E-state index contributed by atoms with van der Waals surface area (Å²) in [4.78, 5) is 16.4. The molecule has 284 valence electrons. The van der Waals surface area contributed by atoms with Gasteiger partial charge >= 0.3 is 0 Å². The zero-order valence-corrected chi connectivity index (χ0v) is 31.4. The normalized spacial score (nSPS) is 10.1. The fourth-order valence-corrected chi connectivity index (χ4v) is 5.02. The van der Waals surface area contributed by atoms with Crippen LogP contribution >= 0.6 is 11.6 Å². The Bertz CT molecular complexity index is 2130. The van der Waals surface area contributed by atoms with Gasteiger partial charge in [0.05, 0.1) is 38.8 Å². The zero-order valence-electron chi connectivity index (χ0n) is 29.9. The summed E-state index contributed by atoms with van der Waals surface area (Å²) in [6.07, 6.45) is 3.32. The highest BCUT2D eigenvalue weighted by Gasteiger charge is 2.12. The van der Waals surface area contributed by atoms with Gasteiger partial charge in [0, 0.05) is 53.6 Å². The first-order valence-corrected chi connectivity index (χ1v) is 16.6. The number of hydrogen-bond acceptors (Lipinski definition) is 10. The van der Waals surface area contributed by atoms with Crippen LogP contribution in [-0.4, -0.2) is 57.6 Å². The topological polar surface area (TPSA) is 157 Å². The van der Waals surface area contributed by atoms with Crippen LogP contribution in [0.4, 0.5) is 14.5 Å². The number of aromatic nitrogens is 4. The molecule has 0 fully saturated rings. The molecule has 0 bridgehead atoms. The van der Waals surface area contributed by atoms with Crippen LogP contribution < -0.4 is 37.1 Å². The smallest absolute Gasteiger partial charge is 0.163 e. The monoisotopic (exact) mass is 781 g/mol. The molecule has 0 unspecified atom stereocenters. The number of halogens is 4. The van der Waals surface area contributed by atoms with Crippen molar-refractivity contribution >= 4 is 17.3 Å². The average molecular weight is 783 g/mol. The molecule has 6 aromatic rings. The lowest BCUT2D eigenvalue weighted by molar-refractivity contribution is -0.254. The number of phenolic OH excluding ortho intramolecular Hbond substituents is 2. The van der Waals surface area contributed by atoms with Gasteiger partial charge in [-0.05, 0) is 67.9 Å². The van der Waals surface area contributed by atoms with E-state index in [1.165, 1.54) is 51.1 Å². The van der Waals surface area contributed by atoms with Crippen LogP contribution in [0, 0.1) is 11.6 Å². The fourth-order valence-electron chi connectivity index (χ4n) is 4.88. The minimum Gasteiger partial charge on any atom is -1.00 e. The number of rotatable bonds is 10. The largest absolute Gasteiger partial charge is 1.00 e. The molecule has 2 heterocycles. The van der Waals surface area contributed by atoms with E-state index < -0.39 is 0 Å². The van der Waals surface area contributed by atoms with Crippen molar-refractivity contribution in [3.05, 3.63) is 126 Å². The van der Waals surface area contributed by atoms with Gasteiger partial charge < -0.3 is 47.3 Å². The molecule has 0 aliphatic carbocycles. The van der Waals surface area contributed by atoms with Gasteiger partial charge in [-0.2, -0.15) is 0 Å². The molecule has 6 rings (SSSR count). The maximum atomic E-state index is 13.4. The molecular formula is C39H39Cl2F2N5O6. The molecule has 0 amide bonds. The maximum absolute atomic E-state index is 13.4. The highest BCUT2D eigenvalue weighted by atomic mass is 35.5. The second kappa shape index (κ2) is 21.1. The molecule has 0 aliphatic rings. The maximum Gasteiger partial charge on any atom is 0.163 e. The number of benzene rings is 4. The summed E-state index contributed by atoms with van der Waals surface area (Å²) in [7, 11) is 2.96. The molecule has 54 heavy (non-hydrogen) atoms. The van der Waals surface area contributed by atoms with Crippen LogP contribution in [0.1, 0.15) is 25.1 Å². The Morgan fingerprint density at radius 1 is 0.630 bits per heavy atom. The fraction of sp³-hybridized carbons (Fsp3) is 0.179. The van der Waals surface area contributed by atoms with Crippen LogP contribution in [0.15, 0.2) is 97.6 Å². The van der Waals surface area contributed by atoms with Gasteiger partial charge in [-0.3, -0.25) is 0 Å².